The molecule has 0 saturated carbocycles. The molecule has 0 aromatic heterocycles. The van der Waals surface area contributed by atoms with Crippen LogP contribution in [-0.4, -0.2) is 17.6 Å². The monoisotopic (exact) mass is 352 g/mol. The fourth-order valence-corrected chi connectivity index (χ4v) is 3.03. The molecule has 0 bridgehead atoms. The van der Waals surface area contributed by atoms with E-state index in [1.165, 1.54) is 30.0 Å². The van der Waals surface area contributed by atoms with Gasteiger partial charge in [-0.15, -0.1) is 11.8 Å². The molecule has 0 aliphatic rings. The van der Waals surface area contributed by atoms with Crippen molar-refractivity contribution in [3.05, 3.63) is 64.4 Å². The van der Waals surface area contributed by atoms with Gasteiger partial charge in [0.1, 0.15) is 5.82 Å². The van der Waals surface area contributed by atoms with Gasteiger partial charge in [0, 0.05) is 27.6 Å². The highest BCUT2D eigenvalue weighted by atomic mass is 35.5. The first-order valence-corrected chi connectivity index (χ1v) is 8.21. The SMILES string of the molecule is NC(=O)c1cccc(NC(=O)CSCc2c(F)cccc2Cl)c1. The molecule has 0 radical (unpaired) electrons. The maximum Gasteiger partial charge on any atom is 0.248 e. The molecule has 0 atom stereocenters. The van der Waals surface area contributed by atoms with Crippen LogP contribution in [0.4, 0.5) is 10.1 Å². The van der Waals surface area contributed by atoms with Gasteiger partial charge in [0.2, 0.25) is 11.8 Å². The van der Waals surface area contributed by atoms with E-state index in [-0.39, 0.29) is 17.5 Å². The standard InChI is InChI=1S/C16H14ClFN2O2S/c17-13-5-2-6-14(18)12(13)8-23-9-15(21)20-11-4-1-3-10(7-11)16(19)22/h1-7H,8-9H2,(H2,19,22)(H,20,21). The third-order valence-electron chi connectivity index (χ3n) is 2.97. The second-order valence-electron chi connectivity index (χ2n) is 4.69. The van der Waals surface area contributed by atoms with Gasteiger partial charge in [-0.3, -0.25) is 9.59 Å². The summed E-state index contributed by atoms with van der Waals surface area (Å²) < 4.78 is 13.6. The van der Waals surface area contributed by atoms with Crippen molar-refractivity contribution in [1.29, 1.82) is 0 Å². The number of halogens is 2. The molecular weight excluding hydrogens is 339 g/mol. The lowest BCUT2D eigenvalue weighted by molar-refractivity contribution is -0.113. The van der Waals surface area contributed by atoms with Gasteiger partial charge in [0.15, 0.2) is 0 Å². The minimum atomic E-state index is -0.565. The van der Waals surface area contributed by atoms with Crippen LogP contribution in [-0.2, 0) is 10.5 Å². The summed E-state index contributed by atoms with van der Waals surface area (Å²) >= 11 is 7.17. The molecule has 0 fully saturated rings. The molecule has 0 aliphatic carbocycles. The second-order valence-corrected chi connectivity index (χ2v) is 6.08. The van der Waals surface area contributed by atoms with Crippen LogP contribution >= 0.6 is 23.4 Å². The van der Waals surface area contributed by atoms with Crippen molar-refractivity contribution in [3.63, 3.8) is 0 Å². The fourth-order valence-electron chi connectivity index (χ4n) is 1.86. The quantitative estimate of drug-likeness (QED) is 0.836. The van der Waals surface area contributed by atoms with Gasteiger partial charge in [0.05, 0.1) is 5.75 Å². The number of rotatable bonds is 6. The smallest absolute Gasteiger partial charge is 0.248 e. The maximum atomic E-state index is 13.6. The van der Waals surface area contributed by atoms with Crippen LogP contribution in [0, 0.1) is 5.82 Å². The fraction of sp³-hybridized carbons (Fsp3) is 0.125. The van der Waals surface area contributed by atoms with Gasteiger partial charge in [-0.25, -0.2) is 4.39 Å². The van der Waals surface area contributed by atoms with Crippen molar-refractivity contribution < 1.29 is 14.0 Å². The summed E-state index contributed by atoms with van der Waals surface area (Å²) in [5, 5.41) is 3.00. The summed E-state index contributed by atoms with van der Waals surface area (Å²) in [5.74, 6) is -0.792. The zero-order chi connectivity index (χ0) is 16.8. The summed E-state index contributed by atoms with van der Waals surface area (Å²) in [6.07, 6.45) is 0. The largest absolute Gasteiger partial charge is 0.366 e. The third-order valence-corrected chi connectivity index (χ3v) is 4.29. The Hall–Kier alpha value is -2.05. The van der Waals surface area contributed by atoms with Crippen LogP contribution < -0.4 is 11.1 Å². The minimum absolute atomic E-state index is 0.130. The molecule has 0 saturated heterocycles. The van der Waals surface area contributed by atoms with Crippen molar-refractivity contribution >= 4 is 40.9 Å². The first-order valence-electron chi connectivity index (χ1n) is 6.67. The van der Waals surface area contributed by atoms with Crippen molar-refractivity contribution in [2.45, 2.75) is 5.75 Å². The topological polar surface area (TPSA) is 72.2 Å². The van der Waals surface area contributed by atoms with Crippen LogP contribution in [0.15, 0.2) is 42.5 Å². The highest BCUT2D eigenvalue weighted by Gasteiger charge is 2.09. The van der Waals surface area contributed by atoms with Gasteiger partial charge in [-0.1, -0.05) is 23.7 Å². The van der Waals surface area contributed by atoms with Gasteiger partial charge >= 0.3 is 0 Å². The summed E-state index contributed by atoms with van der Waals surface area (Å²) in [7, 11) is 0. The summed E-state index contributed by atoms with van der Waals surface area (Å²) in [6.45, 7) is 0. The molecule has 0 heterocycles. The maximum absolute atomic E-state index is 13.6. The molecule has 0 aliphatic heterocycles. The Labute approximate surface area is 142 Å². The van der Waals surface area contributed by atoms with E-state index in [1.54, 1.807) is 24.3 Å². The lowest BCUT2D eigenvalue weighted by Crippen LogP contribution is -2.16. The molecule has 2 aromatic rings. The normalized spacial score (nSPS) is 10.3. The average Bonchev–Trinajstić information content (AvgIpc) is 2.50. The van der Waals surface area contributed by atoms with Crippen LogP contribution in [0.5, 0.6) is 0 Å². The first-order chi connectivity index (χ1) is 11.0. The number of amides is 2. The Morgan fingerprint density at radius 2 is 1.96 bits per heavy atom. The minimum Gasteiger partial charge on any atom is -0.366 e. The Morgan fingerprint density at radius 3 is 2.65 bits per heavy atom. The zero-order valence-corrected chi connectivity index (χ0v) is 13.6. The van der Waals surface area contributed by atoms with E-state index < -0.39 is 5.91 Å². The van der Waals surface area contributed by atoms with Crippen LogP contribution in [0.3, 0.4) is 0 Å². The van der Waals surface area contributed by atoms with E-state index in [0.29, 0.717) is 27.6 Å². The number of primary amides is 1. The zero-order valence-electron chi connectivity index (χ0n) is 12.0. The highest BCUT2D eigenvalue weighted by molar-refractivity contribution is 7.99. The Kier molecular flexibility index (Phi) is 6.01. The molecule has 2 amide bonds. The first kappa shape index (κ1) is 17.3. The summed E-state index contributed by atoms with van der Waals surface area (Å²) in [6, 6.07) is 10.8. The number of anilines is 1. The number of carbonyl (C=O) groups is 2. The third kappa shape index (κ3) is 4.97. The Morgan fingerprint density at radius 1 is 1.22 bits per heavy atom. The highest BCUT2D eigenvalue weighted by Crippen LogP contribution is 2.24. The molecule has 4 nitrogen and oxygen atoms in total. The van der Waals surface area contributed by atoms with E-state index >= 15 is 0 Å². The van der Waals surface area contributed by atoms with Crippen molar-refractivity contribution in [3.8, 4) is 0 Å². The molecule has 2 rings (SSSR count). The van der Waals surface area contributed by atoms with E-state index in [0.717, 1.165) is 0 Å². The second kappa shape index (κ2) is 7.99. The van der Waals surface area contributed by atoms with E-state index in [2.05, 4.69) is 5.32 Å². The summed E-state index contributed by atoms with van der Waals surface area (Å²) in [5.41, 5.74) is 6.36. The number of benzene rings is 2. The number of nitrogens with one attached hydrogen (secondary N) is 1. The predicted octanol–water partition coefficient (Wildman–Crippen LogP) is 3.45. The van der Waals surface area contributed by atoms with Crippen molar-refractivity contribution in [1.82, 2.24) is 0 Å². The van der Waals surface area contributed by atoms with E-state index in [1.807, 2.05) is 0 Å². The molecule has 3 N–H and O–H groups in total. The molecule has 0 spiro atoms. The van der Waals surface area contributed by atoms with Gasteiger partial charge in [-0.05, 0) is 30.3 Å². The lowest BCUT2D eigenvalue weighted by Gasteiger charge is -2.07. The lowest BCUT2D eigenvalue weighted by atomic mass is 10.2. The molecule has 0 unspecified atom stereocenters. The molecule has 2 aromatic carbocycles. The van der Waals surface area contributed by atoms with Crippen molar-refractivity contribution in [2.75, 3.05) is 11.1 Å². The number of nitrogens with two attached hydrogens (primary N) is 1. The molecule has 120 valence electrons. The number of carbonyl (C=O) groups excluding carboxylic acids is 2. The van der Waals surface area contributed by atoms with E-state index in [4.69, 9.17) is 17.3 Å². The van der Waals surface area contributed by atoms with Crippen LogP contribution in [0.1, 0.15) is 15.9 Å². The van der Waals surface area contributed by atoms with Crippen LogP contribution in [0.2, 0.25) is 5.02 Å². The number of thioether (sulfide) groups is 1. The Balaban J connectivity index is 1.88. The van der Waals surface area contributed by atoms with Gasteiger partial charge < -0.3 is 11.1 Å². The number of hydrogen-bond donors (Lipinski definition) is 2. The molecular formula is C16H14ClFN2O2S. The van der Waals surface area contributed by atoms with Gasteiger partial charge in [-0.2, -0.15) is 0 Å². The number of hydrogen-bond acceptors (Lipinski definition) is 3. The predicted molar refractivity (Wildman–Crippen MR) is 91.2 cm³/mol. The molecule has 23 heavy (non-hydrogen) atoms. The molecule has 7 heteroatoms. The van der Waals surface area contributed by atoms with Crippen molar-refractivity contribution in [2.24, 2.45) is 5.73 Å². The van der Waals surface area contributed by atoms with E-state index in [9.17, 15) is 14.0 Å². The summed E-state index contributed by atoms with van der Waals surface area (Å²) in [4.78, 5) is 23.0. The van der Waals surface area contributed by atoms with Gasteiger partial charge in [0.25, 0.3) is 0 Å². The average molecular weight is 353 g/mol. The Bertz CT molecular complexity index is 720. The van der Waals surface area contributed by atoms with Crippen LogP contribution in [0.25, 0.3) is 0 Å².